The molecule has 1 aliphatic heterocycles. The molecule has 3 fully saturated rings. The summed E-state index contributed by atoms with van der Waals surface area (Å²) in [7, 11) is 0. The van der Waals surface area contributed by atoms with Gasteiger partial charge in [0.15, 0.2) is 0 Å². The highest BCUT2D eigenvalue weighted by molar-refractivity contribution is 5.91. The molecule has 2 aromatic rings. The molecule has 1 amide bonds. The Labute approximate surface area is 206 Å². The van der Waals surface area contributed by atoms with Crippen LogP contribution in [0, 0.1) is 5.92 Å². The molecule has 2 saturated carbocycles. The summed E-state index contributed by atoms with van der Waals surface area (Å²) >= 11 is 0. The summed E-state index contributed by atoms with van der Waals surface area (Å²) in [5.74, 6) is 0.723. The third-order valence-electron chi connectivity index (χ3n) is 7.91. The quantitative estimate of drug-likeness (QED) is 0.358. The molecule has 5 rings (SSSR count). The Bertz CT molecular complexity index is 1090. The molecule has 0 spiro atoms. The number of carbonyl (C=O) groups excluding carboxylic acids is 2. The van der Waals surface area contributed by atoms with Gasteiger partial charge in [0.05, 0.1) is 18.1 Å². The molecule has 2 heterocycles. The van der Waals surface area contributed by atoms with Crippen LogP contribution in [0.1, 0.15) is 56.6 Å². The Hall–Kier alpha value is -2.90. The zero-order chi connectivity index (χ0) is 24.5. The number of piperidine rings is 1. The van der Waals surface area contributed by atoms with Gasteiger partial charge >= 0.3 is 5.97 Å². The van der Waals surface area contributed by atoms with E-state index in [-0.39, 0.29) is 17.9 Å². The number of hydrogen-bond acceptors (Lipinski definition) is 6. The molecule has 7 heteroatoms. The number of furan rings is 1. The van der Waals surface area contributed by atoms with E-state index in [1.807, 2.05) is 18.2 Å². The van der Waals surface area contributed by atoms with E-state index in [2.05, 4.69) is 10.2 Å². The number of benzene rings is 1. The third kappa shape index (κ3) is 5.21. The van der Waals surface area contributed by atoms with Crippen molar-refractivity contribution in [3.8, 4) is 5.75 Å². The lowest BCUT2D eigenvalue weighted by molar-refractivity contribution is -0.133. The van der Waals surface area contributed by atoms with Gasteiger partial charge in [-0.1, -0.05) is 12.1 Å². The molecular weight excluding hydrogens is 444 g/mol. The van der Waals surface area contributed by atoms with E-state index in [9.17, 15) is 14.7 Å². The molecule has 1 aromatic heterocycles. The van der Waals surface area contributed by atoms with Crippen LogP contribution in [0.3, 0.4) is 0 Å². The summed E-state index contributed by atoms with van der Waals surface area (Å²) in [6, 6.07) is 9.30. The lowest BCUT2D eigenvalue weighted by Crippen LogP contribution is -2.67. The first-order valence-electron chi connectivity index (χ1n) is 12.6. The number of carbonyl (C=O) groups is 2. The van der Waals surface area contributed by atoms with Crippen LogP contribution in [0.25, 0.3) is 6.08 Å². The summed E-state index contributed by atoms with van der Waals surface area (Å²) < 4.78 is 10.4. The molecule has 2 N–H and O–H groups in total. The fraction of sp³-hybridized carbons (Fsp3) is 0.500. The van der Waals surface area contributed by atoms with E-state index in [0.717, 1.165) is 36.6 Å². The van der Waals surface area contributed by atoms with Gasteiger partial charge in [0, 0.05) is 43.1 Å². The minimum Gasteiger partial charge on any atom is -0.472 e. The van der Waals surface area contributed by atoms with Crippen LogP contribution in [-0.2, 0) is 15.0 Å². The van der Waals surface area contributed by atoms with Gasteiger partial charge in [-0.3, -0.25) is 9.59 Å². The smallest absolute Gasteiger partial charge is 0.308 e. The summed E-state index contributed by atoms with van der Waals surface area (Å²) in [6.07, 6.45) is 11.7. The van der Waals surface area contributed by atoms with E-state index < -0.39 is 11.0 Å². The number of ether oxygens (including phenoxy) is 1. The Morgan fingerprint density at radius 1 is 1.26 bits per heavy atom. The lowest BCUT2D eigenvalue weighted by atomic mass is 9.55. The topological polar surface area (TPSA) is 92.0 Å². The standard InChI is InChI=1S/C28H34N2O5/c1-20(31)35-25-4-2-3-23(15-25)27-12-13-30(17-21-5-6-21)19-28(27,33)11-9-24(16-27)29-26(32)8-7-22-10-14-34-18-22/h2-4,7-8,10,14-15,18,21,24,33H,5-6,9,11-13,16-17,19H2,1H3,(H,29,32)/b8-7+/t24-,27-,28-/m0/s1. The van der Waals surface area contributed by atoms with Gasteiger partial charge in [0.2, 0.25) is 5.91 Å². The molecule has 186 valence electrons. The predicted molar refractivity (Wildman–Crippen MR) is 132 cm³/mol. The van der Waals surface area contributed by atoms with Gasteiger partial charge in [0.25, 0.3) is 0 Å². The minimum atomic E-state index is -0.914. The van der Waals surface area contributed by atoms with Crippen molar-refractivity contribution in [1.82, 2.24) is 10.2 Å². The number of nitrogens with one attached hydrogen (secondary N) is 1. The predicted octanol–water partition coefficient (Wildman–Crippen LogP) is 3.67. The second-order valence-corrected chi connectivity index (χ2v) is 10.5. The van der Waals surface area contributed by atoms with Crippen molar-refractivity contribution in [3.63, 3.8) is 0 Å². The number of rotatable bonds is 7. The highest BCUT2D eigenvalue weighted by atomic mass is 16.5. The van der Waals surface area contributed by atoms with Crippen LogP contribution in [0.4, 0.5) is 0 Å². The van der Waals surface area contributed by atoms with Gasteiger partial charge in [0.1, 0.15) is 5.75 Å². The first-order valence-corrected chi connectivity index (χ1v) is 12.6. The van der Waals surface area contributed by atoms with E-state index >= 15 is 0 Å². The Kier molecular flexibility index (Phi) is 6.55. The van der Waals surface area contributed by atoms with Crippen LogP contribution >= 0.6 is 0 Å². The molecular formula is C28H34N2O5. The van der Waals surface area contributed by atoms with E-state index in [1.54, 1.807) is 30.7 Å². The highest BCUT2D eigenvalue weighted by Gasteiger charge is 2.57. The minimum absolute atomic E-state index is 0.0656. The van der Waals surface area contributed by atoms with E-state index in [1.165, 1.54) is 25.8 Å². The highest BCUT2D eigenvalue weighted by Crippen LogP contribution is 2.52. The fourth-order valence-electron chi connectivity index (χ4n) is 6.02. The maximum atomic E-state index is 12.7. The summed E-state index contributed by atoms with van der Waals surface area (Å²) in [5, 5.41) is 15.3. The Morgan fingerprint density at radius 2 is 2.11 bits per heavy atom. The SMILES string of the molecule is CC(=O)Oc1cccc([C@@]23CCN(CC4CC4)C[C@@]2(O)CC[C@H](NC(=O)/C=C/c2ccoc2)C3)c1. The van der Waals surface area contributed by atoms with Crippen LogP contribution in [0.2, 0.25) is 0 Å². The van der Waals surface area contributed by atoms with Crippen molar-refractivity contribution in [2.24, 2.45) is 5.92 Å². The Morgan fingerprint density at radius 3 is 2.86 bits per heavy atom. The average molecular weight is 479 g/mol. The molecule has 0 unspecified atom stereocenters. The second-order valence-electron chi connectivity index (χ2n) is 10.5. The molecule has 2 aliphatic carbocycles. The molecule has 0 radical (unpaired) electrons. The van der Waals surface area contributed by atoms with E-state index in [0.29, 0.717) is 31.6 Å². The zero-order valence-corrected chi connectivity index (χ0v) is 20.2. The van der Waals surface area contributed by atoms with Crippen molar-refractivity contribution in [3.05, 3.63) is 60.1 Å². The normalized spacial score (nSPS) is 29.0. The fourth-order valence-corrected chi connectivity index (χ4v) is 6.02. The third-order valence-corrected chi connectivity index (χ3v) is 7.91. The number of nitrogens with zero attached hydrogens (tertiary/aromatic N) is 1. The number of fused-ring (bicyclic) bond motifs is 1. The van der Waals surface area contributed by atoms with Crippen molar-refractivity contribution < 1.29 is 23.8 Å². The number of amides is 1. The van der Waals surface area contributed by atoms with Gasteiger partial charge in [-0.2, -0.15) is 0 Å². The molecule has 3 atom stereocenters. The van der Waals surface area contributed by atoms with Crippen molar-refractivity contribution in [1.29, 1.82) is 0 Å². The number of aliphatic hydroxyl groups is 1. The molecule has 1 saturated heterocycles. The second kappa shape index (κ2) is 9.63. The number of hydrogen-bond donors (Lipinski definition) is 2. The summed E-state index contributed by atoms with van der Waals surface area (Å²) in [6.45, 7) is 3.96. The van der Waals surface area contributed by atoms with Crippen molar-refractivity contribution in [2.75, 3.05) is 19.6 Å². The van der Waals surface area contributed by atoms with Crippen LogP contribution in [-0.4, -0.2) is 53.2 Å². The molecule has 1 aromatic carbocycles. The first kappa shape index (κ1) is 23.8. The maximum absolute atomic E-state index is 12.7. The number of β-amino-alcohol motifs (C(OH)–C–C–N with tert-alkyl or cyclic N) is 1. The van der Waals surface area contributed by atoms with Crippen LogP contribution in [0.15, 0.2) is 53.4 Å². The number of likely N-dealkylation sites (tertiary alicyclic amines) is 1. The molecule has 0 bridgehead atoms. The van der Waals surface area contributed by atoms with Gasteiger partial charge in [-0.25, -0.2) is 0 Å². The molecule has 35 heavy (non-hydrogen) atoms. The van der Waals surface area contributed by atoms with Gasteiger partial charge in [-0.15, -0.1) is 0 Å². The van der Waals surface area contributed by atoms with Crippen molar-refractivity contribution >= 4 is 18.0 Å². The van der Waals surface area contributed by atoms with Crippen LogP contribution < -0.4 is 10.1 Å². The molecule has 7 nitrogen and oxygen atoms in total. The lowest BCUT2D eigenvalue weighted by Gasteiger charge is -2.58. The summed E-state index contributed by atoms with van der Waals surface area (Å²) in [5.41, 5.74) is 0.356. The van der Waals surface area contributed by atoms with Crippen LogP contribution in [0.5, 0.6) is 5.75 Å². The maximum Gasteiger partial charge on any atom is 0.308 e. The average Bonchev–Trinajstić information content (AvgIpc) is 3.47. The first-order chi connectivity index (χ1) is 16.8. The number of esters is 1. The zero-order valence-electron chi connectivity index (χ0n) is 20.2. The Balaban J connectivity index is 1.39. The van der Waals surface area contributed by atoms with E-state index in [4.69, 9.17) is 9.15 Å². The van der Waals surface area contributed by atoms with Crippen molar-refractivity contribution in [2.45, 2.75) is 62.5 Å². The van der Waals surface area contributed by atoms with Gasteiger partial charge in [-0.05, 0) is 80.8 Å². The largest absolute Gasteiger partial charge is 0.472 e. The monoisotopic (exact) mass is 478 g/mol. The van der Waals surface area contributed by atoms with Gasteiger partial charge < -0.3 is 24.5 Å². The molecule has 3 aliphatic rings. The summed E-state index contributed by atoms with van der Waals surface area (Å²) in [4.78, 5) is 26.7.